The predicted octanol–water partition coefficient (Wildman–Crippen LogP) is 4.82. The van der Waals surface area contributed by atoms with Crippen molar-refractivity contribution < 1.29 is 0 Å². The molecule has 132 valence electrons. The molecule has 0 bridgehead atoms. The maximum atomic E-state index is 4.46. The van der Waals surface area contributed by atoms with Crippen LogP contribution in [0.4, 0.5) is 5.82 Å². The molecular weight excluding hydrogens is 354 g/mol. The standard InChI is InChI=1S/C21H17N5S/c1-2-6-15(7-3-1)19-12-17-20(27-19)21(24-13-23-17)22-10-11-26-14-25-16-8-4-5-9-18(16)26/h1-9,12-14H,10-11H2,(H,22,23,24). The zero-order valence-electron chi connectivity index (χ0n) is 14.5. The number of aromatic nitrogens is 4. The van der Waals surface area contributed by atoms with Gasteiger partial charge in [0.25, 0.3) is 0 Å². The molecule has 0 saturated carbocycles. The maximum absolute atomic E-state index is 4.46. The van der Waals surface area contributed by atoms with Crippen molar-refractivity contribution in [2.24, 2.45) is 0 Å². The Morgan fingerprint density at radius 1 is 0.889 bits per heavy atom. The molecule has 3 aromatic heterocycles. The molecule has 5 rings (SSSR count). The summed E-state index contributed by atoms with van der Waals surface area (Å²) in [6, 6.07) is 20.7. The fraction of sp³-hybridized carbons (Fsp3) is 0.0952. The van der Waals surface area contributed by atoms with Crippen molar-refractivity contribution in [1.29, 1.82) is 0 Å². The summed E-state index contributed by atoms with van der Waals surface area (Å²) in [4.78, 5) is 14.5. The van der Waals surface area contributed by atoms with Crippen LogP contribution in [0.5, 0.6) is 0 Å². The van der Waals surface area contributed by atoms with Gasteiger partial charge in [0.1, 0.15) is 12.1 Å². The fourth-order valence-corrected chi connectivity index (χ4v) is 4.29. The lowest BCUT2D eigenvalue weighted by molar-refractivity contribution is 0.747. The number of fused-ring (bicyclic) bond motifs is 2. The van der Waals surface area contributed by atoms with E-state index in [1.54, 1.807) is 17.7 Å². The van der Waals surface area contributed by atoms with Gasteiger partial charge < -0.3 is 9.88 Å². The molecule has 0 amide bonds. The van der Waals surface area contributed by atoms with Crippen LogP contribution in [0.3, 0.4) is 0 Å². The molecule has 3 heterocycles. The molecule has 2 aromatic carbocycles. The topological polar surface area (TPSA) is 55.6 Å². The number of imidazole rings is 1. The smallest absolute Gasteiger partial charge is 0.147 e. The number of nitrogens with one attached hydrogen (secondary N) is 1. The van der Waals surface area contributed by atoms with Crippen molar-refractivity contribution in [2.45, 2.75) is 6.54 Å². The molecule has 6 heteroatoms. The molecule has 0 aliphatic carbocycles. The van der Waals surface area contributed by atoms with E-state index in [-0.39, 0.29) is 0 Å². The molecule has 0 saturated heterocycles. The van der Waals surface area contributed by atoms with Crippen LogP contribution in [0, 0.1) is 0 Å². The summed E-state index contributed by atoms with van der Waals surface area (Å²) in [6.45, 7) is 1.59. The van der Waals surface area contributed by atoms with Gasteiger partial charge in [0, 0.05) is 18.0 Å². The highest BCUT2D eigenvalue weighted by molar-refractivity contribution is 7.22. The normalized spacial score (nSPS) is 11.3. The second-order valence-electron chi connectivity index (χ2n) is 6.27. The van der Waals surface area contributed by atoms with E-state index in [9.17, 15) is 0 Å². The Balaban J connectivity index is 1.38. The molecule has 1 N–H and O–H groups in total. The number of hydrogen-bond acceptors (Lipinski definition) is 5. The predicted molar refractivity (Wildman–Crippen MR) is 111 cm³/mol. The third-order valence-corrected chi connectivity index (χ3v) is 5.72. The number of para-hydroxylation sites is 2. The van der Waals surface area contributed by atoms with Crippen molar-refractivity contribution in [3.05, 3.63) is 73.3 Å². The van der Waals surface area contributed by atoms with E-state index in [2.05, 4.69) is 61.2 Å². The summed E-state index contributed by atoms with van der Waals surface area (Å²) in [5.41, 5.74) is 4.35. The molecule has 0 atom stereocenters. The van der Waals surface area contributed by atoms with Crippen LogP contribution in [0.15, 0.2) is 73.3 Å². The Morgan fingerprint density at radius 2 is 1.74 bits per heavy atom. The Bertz CT molecular complexity index is 1210. The molecule has 27 heavy (non-hydrogen) atoms. The van der Waals surface area contributed by atoms with Gasteiger partial charge in [-0.3, -0.25) is 0 Å². The Morgan fingerprint density at radius 3 is 2.67 bits per heavy atom. The van der Waals surface area contributed by atoms with Crippen LogP contribution in [-0.2, 0) is 6.54 Å². The number of nitrogens with zero attached hydrogens (tertiary/aromatic N) is 4. The minimum Gasteiger partial charge on any atom is -0.367 e. The SMILES string of the molecule is c1ccc(-c2cc3ncnc(NCCn4cnc5ccccc54)c3s2)cc1. The number of hydrogen-bond donors (Lipinski definition) is 1. The Kier molecular flexibility index (Phi) is 4.03. The average molecular weight is 371 g/mol. The first-order chi connectivity index (χ1) is 13.4. The third-order valence-electron chi connectivity index (χ3n) is 4.54. The summed E-state index contributed by atoms with van der Waals surface area (Å²) < 4.78 is 3.25. The molecule has 0 aliphatic rings. The van der Waals surface area contributed by atoms with E-state index in [4.69, 9.17) is 0 Å². The van der Waals surface area contributed by atoms with Gasteiger partial charge >= 0.3 is 0 Å². The van der Waals surface area contributed by atoms with Crippen LogP contribution in [0.25, 0.3) is 31.7 Å². The zero-order chi connectivity index (χ0) is 18.1. The van der Waals surface area contributed by atoms with Crippen molar-refractivity contribution in [2.75, 3.05) is 11.9 Å². The molecule has 5 nitrogen and oxygen atoms in total. The van der Waals surface area contributed by atoms with Crippen LogP contribution >= 0.6 is 11.3 Å². The van der Waals surface area contributed by atoms with Gasteiger partial charge in [-0.1, -0.05) is 42.5 Å². The van der Waals surface area contributed by atoms with Crippen LogP contribution in [-0.4, -0.2) is 26.1 Å². The number of benzene rings is 2. The lowest BCUT2D eigenvalue weighted by Crippen LogP contribution is -2.10. The van der Waals surface area contributed by atoms with Crippen molar-refractivity contribution >= 4 is 38.4 Å². The molecule has 0 radical (unpaired) electrons. The number of thiophene rings is 1. The highest BCUT2D eigenvalue weighted by atomic mass is 32.1. The molecule has 0 spiro atoms. The summed E-state index contributed by atoms with van der Waals surface area (Å²) >= 11 is 1.72. The quantitative estimate of drug-likeness (QED) is 0.481. The van der Waals surface area contributed by atoms with E-state index >= 15 is 0 Å². The molecule has 0 unspecified atom stereocenters. The summed E-state index contributed by atoms with van der Waals surface area (Å²) in [5, 5.41) is 3.47. The molecule has 5 aromatic rings. The minimum atomic E-state index is 0.769. The van der Waals surface area contributed by atoms with Gasteiger partial charge in [0.2, 0.25) is 0 Å². The largest absolute Gasteiger partial charge is 0.367 e. The van der Waals surface area contributed by atoms with E-state index in [0.717, 1.165) is 40.2 Å². The second kappa shape index (κ2) is 6.81. The molecule has 0 aliphatic heterocycles. The Labute approximate surface area is 160 Å². The van der Waals surface area contributed by atoms with Gasteiger partial charge in [0.05, 0.1) is 27.6 Å². The van der Waals surface area contributed by atoms with Crippen LogP contribution in [0.1, 0.15) is 0 Å². The average Bonchev–Trinajstić information content (AvgIpc) is 3.34. The minimum absolute atomic E-state index is 0.769. The summed E-state index contributed by atoms with van der Waals surface area (Å²) in [7, 11) is 0. The van der Waals surface area contributed by atoms with E-state index < -0.39 is 0 Å². The van der Waals surface area contributed by atoms with Gasteiger partial charge in [-0.05, 0) is 23.8 Å². The zero-order valence-corrected chi connectivity index (χ0v) is 15.4. The van der Waals surface area contributed by atoms with Crippen molar-refractivity contribution in [3.8, 4) is 10.4 Å². The highest BCUT2D eigenvalue weighted by Gasteiger charge is 2.10. The van der Waals surface area contributed by atoms with E-state index in [1.165, 1.54) is 10.4 Å². The Hall–Kier alpha value is -3.25. The van der Waals surface area contributed by atoms with E-state index in [1.807, 2.05) is 30.6 Å². The van der Waals surface area contributed by atoms with Gasteiger partial charge in [-0.2, -0.15) is 0 Å². The molecular formula is C21H17N5S. The van der Waals surface area contributed by atoms with E-state index in [0.29, 0.717) is 0 Å². The highest BCUT2D eigenvalue weighted by Crippen LogP contribution is 2.35. The summed E-state index contributed by atoms with van der Waals surface area (Å²) in [6.07, 6.45) is 3.51. The first-order valence-electron chi connectivity index (χ1n) is 8.82. The fourth-order valence-electron chi connectivity index (χ4n) is 3.21. The van der Waals surface area contributed by atoms with Gasteiger partial charge in [-0.15, -0.1) is 11.3 Å². The number of anilines is 1. The molecule has 0 fully saturated rings. The van der Waals surface area contributed by atoms with Crippen LogP contribution < -0.4 is 5.32 Å². The first-order valence-corrected chi connectivity index (χ1v) is 9.64. The number of rotatable bonds is 5. The van der Waals surface area contributed by atoms with Crippen molar-refractivity contribution in [3.63, 3.8) is 0 Å². The lowest BCUT2D eigenvalue weighted by Gasteiger charge is -2.07. The van der Waals surface area contributed by atoms with Crippen LogP contribution in [0.2, 0.25) is 0 Å². The van der Waals surface area contributed by atoms with Crippen molar-refractivity contribution in [1.82, 2.24) is 19.5 Å². The first kappa shape index (κ1) is 16.0. The van der Waals surface area contributed by atoms with Gasteiger partial charge in [-0.25, -0.2) is 15.0 Å². The second-order valence-corrected chi connectivity index (χ2v) is 7.32. The summed E-state index contributed by atoms with van der Waals surface area (Å²) in [5.74, 6) is 0.886. The maximum Gasteiger partial charge on any atom is 0.147 e. The monoisotopic (exact) mass is 371 g/mol. The lowest BCUT2D eigenvalue weighted by atomic mass is 10.2. The third kappa shape index (κ3) is 3.04. The van der Waals surface area contributed by atoms with Gasteiger partial charge in [0.15, 0.2) is 0 Å².